The van der Waals surface area contributed by atoms with Gasteiger partial charge < -0.3 is 14.2 Å². The number of furan rings is 2. The first-order chi connectivity index (χ1) is 13.1. The van der Waals surface area contributed by atoms with Crippen LogP contribution in [0.25, 0.3) is 0 Å². The molecule has 1 atom stereocenters. The highest BCUT2D eigenvalue weighted by Gasteiger charge is 2.36. The highest BCUT2D eigenvalue weighted by Crippen LogP contribution is 2.34. The van der Waals surface area contributed by atoms with Crippen molar-refractivity contribution in [2.24, 2.45) is 5.10 Å². The number of carbonyl (C=O) groups excluding carboxylic acids is 2. The third-order valence-corrected chi connectivity index (χ3v) is 4.24. The molecular weight excluding hydrogens is 346 g/mol. The number of rotatable bonds is 4. The van der Waals surface area contributed by atoms with Crippen LogP contribution < -0.4 is 5.32 Å². The number of anilines is 1. The summed E-state index contributed by atoms with van der Waals surface area (Å²) in [5, 5.41) is 8.68. The lowest BCUT2D eigenvalue weighted by Crippen LogP contribution is -2.26. The standard InChI is InChI=1S/C20H17N3O4/c1-13(24)21-15-6-2-5-14(11-15)16-12-17(18-7-3-9-26-18)23(22-16)20(25)19-8-4-10-27-19/h2-11,17H,12H2,1H3,(H,21,24)/t17-/m1/s1. The van der Waals surface area contributed by atoms with Crippen molar-refractivity contribution in [1.29, 1.82) is 0 Å². The monoisotopic (exact) mass is 363 g/mol. The maximum atomic E-state index is 12.8. The molecule has 3 aromatic rings. The summed E-state index contributed by atoms with van der Waals surface area (Å²) in [7, 11) is 0. The van der Waals surface area contributed by atoms with Crippen molar-refractivity contribution in [2.45, 2.75) is 19.4 Å². The molecule has 0 spiro atoms. The van der Waals surface area contributed by atoms with Crippen molar-refractivity contribution in [3.8, 4) is 0 Å². The van der Waals surface area contributed by atoms with Gasteiger partial charge in [-0.25, -0.2) is 5.01 Å². The van der Waals surface area contributed by atoms with Crippen molar-refractivity contribution >= 4 is 23.2 Å². The van der Waals surface area contributed by atoms with Gasteiger partial charge in [-0.3, -0.25) is 9.59 Å². The Morgan fingerprint density at radius 3 is 2.63 bits per heavy atom. The van der Waals surface area contributed by atoms with Gasteiger partial charge in [0.25, 0.3) is 0 Å². The van der Waals surface area contributed by atoms with Crippen LogP contribution in [0.2, 0.25) is 0 Å². The Labute approximate surface area is 155 Å². The van der Waals surface area contributed by atoms with Gasteiger partial charge in [0.2, 0.25) is 5.91 Å². The highest BCUT2D eigenvalue weighted by molar-refractivity contribution is 6.05. The molecule has 1 aliphatic rings. The molecule has 136 valence electrons. The van der Waals surface area contributed by atoms with E-state index in [1.165, 1.54) is 18.2 Å². The summed E-state index contributed by atoms with van der Waals surface area (Å²) >= 11 is 0. The zero-order valence-electron chi connectivity index (χ0n) is 14.6. The molecule has 4 rings (SSSR count). The predicted octanol–water partition coefficient (Wildman–Crippen LogP) is 3.82. The quantitative estimate of drug-likeness (QED) is 0.763. The van der Waals surface area contributed by atoms with E-state index >= 15 is 0 Å². The molecule has 27 heavy (non-hydrogen) atoms. The maximum Gasteiger partial charge on any atom is 0.310 e. The minimum absolute atomic E-state index is 0.149. The van der Waals surface area contributed by atoms with Gasteiger partial charge in [0.15, 0.2) is 5.76 Å². The van der Waals surface area contributed by atoms with Crippen molar-refractivity contribution in [1.82, 2.24) is 5.01 Å². The Bertz CT molecular complexity index is 990. The number of benzene rings is 1. The summed E-state index contributed by atoms with van der Waals surface area (Å²) in [6.45, 7) is 1.45. The highest BCUT2D eigenvalue weighted by atomic mass is 16.3. The third-order valence-electron chi connectivity index (χ3n) is 4.24. The number of amides is 2. The van der Waals surface area contributed by atoms with E-state index in [4.69, 9.17) is 8.83 Å². The van der Waals surface area contributed by atoms with E-state index in [-0.39, 0.29) is 23.6 Å². The van der Waals surface area contributed by atoms with E-state index in [1.54, 1.807) is 30.5 Å². The zero-order valence-corrected chi connectivity index (χ0v) is 14.6. The minimum Gasteiger partial charge on any atom is -0.467 e. The zero-order chi connectivity index (χ0) is 18.8. The summed E-state index contributed by atoms with van der Waals surface area (Å²) in [4.78, 5) is 24.1. The molecule has 0 fully saturated rings. The van der Waals surface area contributed by atoms with E-state index in [0.717, 1.165) is 11.3 Å². The molecule has 3 heterocycles. The van der Waals surface area contributed by atoms with Crippen molar-refractivity contribution in [2.75, 3.05) is 5.32 Å². The van der Waals surface area contributed by atoms with Crippen molar-refractivity contribution in [3.05, 3.63) is 78.1 Å². The molecule has 0 saturated carbocycles. The summed E-state index contributed by atoms with van der Waals surface area (Å²) < 4.78 is 10.8. The molecule has 1 aromatic carbocycles. The van der Waals surface area contributed by atoms with Crippen molar-refractivity contribution in [3.63, 3.8) is 0 Å². The molecule has 0 aliphatic carbocycles. The lowest BCUT2D eigenvalue weighted by molar-refractivity contribution is -0.114. The smallest absolute Gasteiger partial charge is 0.310 e. The van der Waals surface area contributed by atoms with E-state index in [9.17, 15) is 9.59 Å². The second-order valence-corrected chi connectivity index (χ2v) is 6.17. The fourth-order valence-electron chi connectivity index (χ4n) is 3.07. The summed E-state index contributed by atoms with van der Waals surface area (Å²) in [6.07, 6.45) is 3.51. The van der Waals surface area contributed by atoms with Gasteiger partial charge in [0, 0.05) is 19.0 Å². The van der Waals surface area contributed by atoms with Crippen LogP contribution >= 0.6 is 0 Å². The first-order valence-corrected chi connectivity index (χ1v) is 8.48. The van der Waals surface area contributed by atoms with Crippen LogP contribution in [0.15, 0.2) is 75.0 Å². The van der Waals surface area contributed by atoms with Gasteiger partial charge in [-0.1, -0.05) is 12.1 Å². The van der Waals surface area contributed by atoms with Gasteiger partial charge in [-0.2, -0.15) is 5.10 Å². The minimum atomic E-state index is -0.364. The average Bonchev–Trinajstić information content (AvgIpc) is 3.41. The first-order valence-electron chi connectivity index (χ1n) is 8.48. The first kappa shape index (κ1) is 16.8. The largest absolute Gasteiger partial charge is 0.467 e. The number of carbonyl (C=O) groups is 2. The van der Waals surface area contributed by atoms with Gasteiger partial charge in [0.05, 0.1) is 18.2 Å². The number of hydrazone groups is 1. The predicted molar refractivity (Wildman–Crippen MR) is 98.2 cm³/mol. The van der Waals surface area contributed by atoms with Gasteiger partial charge >= 0.3 is 5.91 Å². The van der Waals surface area contributed by atoms with Gasteiger partial charge in [0.1, 0.15) is 11.8 Å². The van der Waals surface area contributed by atoms with Crippen LogP contribution in [0, 0.1) is 0 Å². The SMILES string of the molecule is CC(=O)Nc1cccc(C2=NN(C(=O)c3ccco3)[C@@H](c3ccco3)C2)c1. The molecule has 0 unspecified atom stereocenters. The Balaban J connectivity index is 1.68. The van der Waals surface area contributed by atoms with Crippen LogP contribution in [0.3, 0.4) is 0 Å². The van der Waals surface area contributed by atoms with Crippen LogP contribution in [0.1, 0.15) is 41.3 Å². The maximum absolute atomic E-state index is 12.8. The molecule has 0 bridgehead atoms. The molecule has 0 radical (unpaired) electrons. The van der Waals surface area contributed by atoms with Crippen molar-refractivity contribution < 1.29 is 18.4 Å². The molecule has 2 aromatic heterocycles. The topological polar surface area (TPSA) is 88.0 Å². The van der Waals surface area contributed by atoms with E-state index in [1.807, 2.05) is 24.3 Å². The fraction of sp³-hybridized carbons (Fsp3) is 0.150. The third kappa shape index (κ3) is 3.39. The molecule has 7 heteroatoms. The van der Waals surface area contributed by atoms with Crippen LogP contribution in [-0.4, -0.2) is 22.5 Å². The lowest BCUT2D eigenvalue weighted by Gasteiger charge is -2.18. The fourth-order valence-corrected chi connectivity index (χ4v) is 3.07. The van der Waals surface area contributed by atoms with E-state index < -0.39 is 0 Å². The molecule has 1 N–H and O–H groups in total. The van der Waals surface area contributed by atoms with Crippen LogP contribution in [0.4, 0.5) is 5.69 Å². The normalized spacial score (nSPS) is 16.3. The molecule has 0 saturated heterocycles. The van der Waals surface area contributed by atoms with Gasteiger partial charge in [-0.05, 0) is 42.0 Å². The molecule has 1 aliphatic heterocycles. The number of hydrogen-bond donors (Lipinski definition) is 1. The number of hydrogen-bond acceptors (Lipinski definition) is 5. The Morgan fingerprint density at radius 1 is 1.11 bits per heavy atom. The molecule has 2 amide bonds. The van der Waals surface area contributed by atoms with E-state index in [0.29, 0.717) is 17.9 Å². The average molecular weight is 363 g/mol. The Hall–Kier alpha value is -3.61. The van der Waals surface area contributed by atoms with E-state index in [2.05, 4.69) is 10.4 Å². The molecule has 7 nitrogen and oxygen atoms in total. The summed E-state index contributed by atoms with van der Waals surface area (Å²) in [5.41, 5.74) is 2.23. The second kappa shape index (κ2) is 6.95. The Kier molecular flexibility index (Phi) is 4.33. The molecular formula is C20H17N3O4. The lowest BCUT2D eigenvalue weighted by atomic mass is 10.0. The summed E-state index contributed by atoms with van der Waals surface area (Å²) in [5.74, 6) is 0.369. The van der Waals surface area contributed by atoms with Gasteiger partial charge in [-0.15, -0.1) is 0 Å². The second-order valence-electron chi connectivity index (χ2n) is 6.17. The number of nitrogens with one attached hydrogen (secondary N) is 1. The Morgan fingerprint density at radius 2 is 1.93 bits per heavy atom. The van der Waals surface area contributed by atoms with Crippen LogP contribution in [-0.2, 0) is 4.79 Å². The summed E-state index contributed by atoms with van der Waals surface area (Å²) in [6, 6.07) is 13.9. The van der Waals surface area contributed by atoms with Crippen LogP contribution in [0.5, 0.6) is 0 Å². The number of nitrogens with zero attached hydrogens (tertiary/aromatic N) is 2.